The standard InChI is InChI=1S/C26H38FN3O2/c1-24(32)11-12-26(27)17(13-24)5-6-18-19-7-8-21(25(19,2)10-9-20(18)26)23(31)15-30-22(14-28-29-30)16-3-4-16/h14,16-21,32H,3-13,15H2,1-2H3/t17-,18+,19+,20+,21-,24-,25+,26-/m1/s1. The summed E-state index contributed by atoms with van der Waals surface area (Å²) in [5.41, 5.74) is -0.717. The largest absolute Gasteiger partial charge is 0.390 e. The normalized spacial score (nSPS) is 48.1. The molecule has 8 atom stereocenters. The van der Waals surface area contributed by atoms with E-state index in [0.29, 0.717) is 49.3 Å². The Morgan fingerprint density at radius 3 is 2.69 bits per heavy atom. The average Bonchev–Trinajstić information content (AvgIpc) is 3.37. The summed E-state index contributed by atoms with van der Waals surface area (Å²) in [7, 11) is 0. The van der Waals surface area contributed by atoms with Crippen LogP contribution in [0.1, 0.15) is 96.1 Å². The fourth-order valence-electron chi connectivity index (χ4n) is 8.85. The molecule has 6 rings (SSSR count). The molecule has 5 saturated carbocycles. The molecule has 0 aliphatic heterocycles. The van der Waals surface area contributed by atoms with Crippen LogP contribution >= 0.6 is 0 Å². The van der Waals surface area contributed by atoms with E-state index in [2.05, 4.69) is 17.2 Å². The van der Waals surface area contributed by atoms with Crippen LogP contribution in [0.3, 0.4) is 0 Å². The van der Waals surface area contributed by atoms with Crippen molar-refractivity contribution in [2.45, 2.75) is 108 Å². The monoisotopic (exact) mass is 443 g/mol. The molecule has 0 saturated heterocycles. The first-order chi connectivity index (χ1) is 15.2. The van der Waals surface area contributed by atoms with Crippen molar-refractivity contribution in [1.82, 2.24) is 15.0 Å². The van der Waals surface area contributed by atoms with Crippen LogP contribution in [0.5, 0.6) is 0 Å². The van der Waals surface area contributed by atoms with Crippen LogP contribution in [-0.4, -0.2) is 37.2 Å². The number of fused-ring (bicyclic) bond motifs is 5. The van der Waals surface area contributed by atoms with E-state index in [1.54, 1.807) is 0 Å². The molecule has 1 aromatic heterocycles. The van der Waals surface area contributed by atoms with Crippen LogP contribution in [0.15, 0.2) is 6.20 Å². The zero-order valence-electron chi connectivity index (χ0n) is 19.6. The highest BCUT2D eigenvalue weighted by Gasteiger charge is 2.63. The molecule has 5 aliphatic carbocycles. The van der Waals surface area contributed by atoms with E-state index in [0.717, 1.165) is 44.2 Å². The first kappa shape index (κ1) is 21.2. The summed E-state index contributed by atoms with van der Waals surface area (Å²) in [5.74, 6) is 1.86. The van der Waals surface area contributed by atoms with Gasteiger partial charge in [0.1, 0.15) is 12.2 Å². The first-order valence-electron chi connectivity index (χ1n) is 13.0. The molecule has 1 aromatic rings. The Balaban J connectivity index is 1.20. The van der Waals surface area contributed by atoms with Crippen molar-refractivity contribution in [3.63, 3.8) is 0 Å². The van der Waals surface area contributed by atoms with E-state index < -0.39 is 11.3 Å². The number of alkyl halides is 1. The van der Waals surface area contributed by atoms with Gasteiger partial charge < -0.3 is 5.11 Å². The number of carbonyl (C=O) groups is 1. The molecule has 0 unspecified atom stereocenters. The molecule has 5 nitrogen and oxygen atoms in total. The summed E-state index contributed by atoms with van der Waals surface area (Å²) < 4.78 is 18.4. The second kappa shape index (κ2) is 7.10. The Morgan fingerprint density at radius 2 is 1.91 bits per heavy atom. The first-order valence-corrected chi connectivity index (χ1v) is 13.0. The minimum Gasteiger partial charge on any atom is -0.390 e. The Bertz CT molecular complexity index is 911. The van der Waals surface area contributed by atoms with Crippen molar-refractivity contribution >= 4 is 5.78 Å². The van der Waals surface area contributed by atoms with Crippen molar-refractivity contribution < 1.29 is 14.3 Å². The highest BCUT2D eigenvalue weighted by molar-refractivity contribution is 5.82. The minimum absolute atomic E-state index is 0.00356. The molecule has 0 spiro atoms. The highest BCUT2D eigenvalue weighted by atomic mass is 19.1. The molecule has 1 N–H and O–H groups in total. The van der Waals surface area contributed by atoms with Gasteiger partial charge in [0.15, 0.2) is 5.78 Å². The lowest BCUT2D eigenvalue weighted by Crippen LogP contribution is -2.58. The van der Waals surface area contributed by atoms with Gasteiger partial charge in [0.25, 0.3) is 0 Å². The second-order valence-electron chi connectivity index (χ2n) is 12.5. The van der Waals surface area contributed by atoms with Crippen molar-refractivity contribution in [3.05, 3.63) is 11.9 Å². The molecule has 6 heteroatoms. The van der Waals surface area contributed by atoms with E-state index in [1.165, 1.54) is 12.8 Å². The number of aromatic nitrogens is 3. The Kier molecular flexibility index (Phi) is 4.71. The van der Waals surface area contributed by atoms with Gasteiger partial charge in [-0.15, -0.1) is 5.10 Å². The van der Waals surface area contributed by atoms with Gasteiger partial charge in [-0.25, -0.2) is 9.07 Å². The maximum atomic E-state index is 16.5. The summed E-state index contributed by atoms with van der Waals surface area (Å²) in [4.78, 5) is 13.5. The predicted octanol–water partition coefficient (Wildman–Crippen LogP) is 4.84. The van der Waals surface area contributed by atoms with E-state index >= 15 is 4.39 Å². The lowest BCUT2D eigenvalue weighted by atomic mass is 9.48. The third kappa shape index (κ3) is 3.14. The van der Waals surface area contributed by atoms with Gasteiger partial charge in [0.2, 0.25) is 0 Å². The summed E-state index contributed by atoms with van der Waals surface area (Å²) >= 11 is 0. The number of Topliss-reactive ketones (excluding diaryl/α,β-unsaturated/α-hetero) is 1. The van der Waals surface area contributed by atoms with Crippen molar-refractivity contribution in [2.24, 2.45) is 35.0 Å². The molecule has 0 radical (unpaired) electrons. The fraction of sp³-hybridized carbons (Fsp3) is 0.885. The Labute approximate surface area is 190 Å². The number of hydrogen-bond acceptors (Lipinski definition) is 4. The van der Waals surface area contributed by atoms with E-state index in [4.69, 9.17) is 0 Å². The molecule has 5 fully saturated rings. The number of halogens is 1. The molecule has 5 aliphatic rings. The molecular formula is C26H38FN3O2. The van der Waals surface area contributed by atoms with Gasteiger partial charge in [-0.3, -0.25) is 4.79 Å². The number of ketones is 1. The van der Waals surface area contributed by atoms with Gasteiger partial charge in [-0.2, -0.15) is 0 Å². The summed E-state index contributed by atoms with van der Waals surface area (Å²) in [5, 5.41) is 18.9. The SMILES string of the molecule is C[C@@]1(O)CC[C@@]2(F)[C@H](CC[C@H]3[C@@H]4CC[C@H](C(=O)Cn5nncc5C5CC5)[C@@]4(C)CC[C@@H]32)C1. The number of nitrogens with zero attached hydrogens (tertiary/aromatic N) is 3. The lowest BCUT2D eigenvalue weighted by Gasteiger charge is -2.59. The summed E-state index contributed by atoms with van der Waals surface area (Å²) in [6.07, 6.45) is 11.7. The van der Waals surface area contributed by atoms with Gasteiger partial charge in [-0.05, 0) is 107 Å². The highest BCUT2D eigenvalue weighted by Crippen LogP contribution is 2.66. The molecule has 0 aromatic carbocycles. The number of carbonyl (C=O) groups excluding carboxylic acids is 1. The topological polar surface area (TPSA) is 68.0 Å². The van der Waals surface area contributed by atoms with Crippen molar-refractivity contribution in [1.29, 1.82) is 0 Å². The van der Waals surface area contributed by atoms with Crippen LogP contribution < -0.4 is 0 Å². The van der Waals surface area contributed by atoms with E-state index in [9.17, 15) is 9.90 Å². The molecule has 32 heavy (non-hydrogen) atoms. The molecule has 176 valence electrons. The average molecular weight is 444 g/mol. The summed E-state index contributed by atoms with van der Waals surface area (Å²) in [6, 6.07) is 0. The summed E-state index contributed by atoms with van der Waals surface area (Å²) in [6.45, 7) is 4.56. The van der Waals surface area contributed by atoms with Gasteiger partial charge in [0.05, 0.1) is 17.5 Å². The lowest BCUT2D eigenvalue weighted by molar-refractivity contribution is -0.166. The van der Waals surface area contributed by atoms with Gasteiger partial charge in [0, 0.05) is 11.8 Å². The van der Waals surface area contributed by atoms with Crippen LogP contribution in [-0.2, 0) is 11.3 Å². The number of hydrogen-bond donors (Lipinski definition) is 1. The van der Waals surface area contributed by atoms with E-state index in [-0.39, 0.29) is 23.2 Å². The maximum Gasteiger partial charge on any atom is 0.157 e. The minimum atomic E-state index is -1.12. The Morgan fingerprint density at radius 1 is 1.09 bits per heavy atom. The second-order valence-corrected chi connectivity index (χ2v) is 12.5. The zero-order valence-corrected chi connectivity index (χ0v) is 19.6. The molecule has 0 amide bonds. The fourth-order valence-corrected chi connectivity index (χ4v) is 8.85. The maximum absolute atomic E-state index is 16.5. The number of rotatable bonds is 4. The van der Waals surface area contributed by atoms with Gasteiger partial charge in [-0.1, -0.05) is 12.1 Å². The van der Waals surface area contributed by atoms with Crippen LogP contribution in [0, 0.1) is 35.0 Å². The third-order valence-electron chi connectivity index (χ3n) is 10.7. The van der Waals surface area contributed by atoms with Crippen LogP contribution in [0.2, 0.25) is 0 Å². The molecule has 1 heterocycles. The smallest absolute Gasteiger partial charge is 0.157 e. The van der Waals surface area contributed by atoms with Crippen LogP contribution in [0.4, 0.5) is 4.39 Å². The van der Waals surface area contributed by atoms with Crippen molar-refractivity contribution in [2.75, 3.05) is 0 Å². The Hall–Kier alpha value is -1.30. The predicted molar refractivity (Wildman–Crippen MR) is 119 cm³/mol. The van der Waals surface area contributed by atoms with E-state index in [1.807, 2.05) is 17.8 Å². The number of aliphatic hydroxyl groups is 1. The quantitative estimate of drug-likeness (QED) is 0.723. The van der Waals surface area contributed by atoms with Crippen LogP contribution in [0.25, 0.3) is 0 Å². The van der Waals surface area contributed by atoms with Crippen molar-refractivity contribution in [3.8, 4) is 0 Å². The zero-order chi connectivity index (χ0) is 22.3. The third-order valence-corrected chi connectivity index (χ3v) is 10.7. The van der Waals surface area contributed by atoms with Gasteiger partial charge >= 0.3 is 0 Å². The molecular weight excluding hydrogens is 405 g/mol. The molecule has 0 bridgehead atoms.